The minimum Gasteiger partial charge on any atom is -0.481 e. The van der Waals surface area contributed by atoms with Gasteiger partial charge in [-0.1, -0.05) is 34.1 Å². The molecule has 0 aromatic heterocycles. The summed E-state index contributed by atoms with van der Waals surface area (Å²) in [5.41, 5.74) is 5.81. The Morgan fingerprint density at radius 2 is 1.39 bits per heavy atom. The highest BCUT2D eigenvalue weighted by atomic mass is 16.4. The van der Waals surface area contributed by atoms with Gasteiger partial charge in [0.05, 0.1) is 12.6 Å². The standard InChI is InChI=1S/C19H34N4O8/c1-5-10(4)14(20)18(29)22-12(8-24)17(28)21-11(6-7-13(25)26)16(27)23-15(9(2)3)19(30)31/h9-12,14-15,24H,5-8,20H2,1-4H3,(H,21,28)(H,22,29)(H,23,27)(H,25,26)(H,30,31). The maximum atomic E-state index is 12.5. The fraction of sp³-hybridized carbons (Fsp3) is 0.737. The molecule has 12 nitrogen and oxygen atoms in total. The first kappa shape index (κ1) is 28.3. The normalized spacial score (nSPS) is 15.8. The first-order valence-electron chi connectivity index (χ1n) is 10.1. The summed E-state index contributed by atoms with van der Waals surface area (Å²) in [5.74, 6) is -5.65. The number of amides is 3. The van der Waals surface area contributed by atoms with Gasteiger partial charge in [-0.2, -0.15) is 0 Å². The van der Waals surface area contributed by atoms with Gasteiger partial charge in [0.15, 0.2) is 0 Å². The molecule has 0 aromatic rings. The maximum Gasteiger partial charge on any atom is 0.326 e. The van der Waals surface area contributed by atoms with E-state index in [0.717, 1.165) is 0 Å². The first-order valence-corrected chi connectivity index (χ1v) is 10.1. The highest BCUT2D eigenvalue weighted by molar-refractivity contribution is 5.94. The lowest BCUT2D eigenvalue weighted by Gasteiger charge is -2.25. The van der Waals surface area contributed by atoms with Crippen molar-refractivity contribution in [2.45, 2.75) is 71.1 Å². The molecular weight excluding hydrogens is 412 g/mol. The van der Waals surface area contributed by atoms with Crippen LogP contribution in [0.2, 0.25) is 0 Å². The fourth-order valence-corrected chi connectivity index (χ4v) is 2.55. The van der Waals surface area contributed by atoms with Crippen molar-refractivity contribution < 1.29 is 39.3 Å². The van der Waals surface area contributed by atoms with E-state index in [9.17, 15) is 34.2 Å². The van der Waals surface area contributed by atoms with Crippen molar-refractivity contribution in [2.75, 3.05) is 6.61 Å². The van der Waals surface area contributed by atoms with Crippen molar-refractivity contribution in [3.05, 3.63) is 0 Å². The molecule has 0 spiro atoms. The van der Waals surface area contributed by atoms with Gasteiger partial charge in [-0.25, -0.2) is 4.79 Å². The Bertz CT molecular complexity index is 655. The number of aliphatic carboxylic acids is 2. The Balaban J connectivity index is 5.36. The highest BCUT2D eigenvalue weighted by Gasteiger charge is 2.31. The molecular formula is C19H34N4O8. The zero-order valence-electron chi connectivity index (χ0n) is 18.3. The van der Waals surface area contributed by atoms with Gasteiger partial charge in [0.2, 0.25) is 17.7 Å². The van der Waals surface area contributed by atoms with Crippen LogP contribution in [0.25, 0.3) is 0 Å². The van der Waals surface area contributed by atoms with Crippen LogP contribution < -0.4 is 21.7 Å². The molecule has 12 heteroatoms. The number of carbonyl (C=O) groups is 5. The van der Waals surface area contributed by atoms with Gasteiger partial charge in [0.1, 0.15) is 18.1 Å². The molecule has 0 radical (unpaired) electrons. The van der Waals surface area contributed by atoms with Gasteiger partial charge in [-0.3, -0.25) is 19.2 Å². The lowest BCUT2D eigenvalue weighted by Crippen LogP contribution is -2.59. The summed E-state index contributed by atoms with van der Waals surface area (Å²) in [5, 5.41) is 34.5. The van der Waals surface area contributed by atoms with Crippen molar-refractivity contribution in [1.29, 1.82) is 0 Å². The quantitative estimate of drug-likeness (QED) is 0.164. The molecule has 0 aliphatic rings. The van der Waals surface area contributed by atoms with Gasteiger partial charge in [-0.05, 0) is 18.3 Å². The number of carbonyl (C=O) groups excluding carboxylic acids is 3. The van der Waals surface area contributed by atoms with Crippen LogP contribution in [0.15, 0.2) is 0 Å². The van der Waals surface area contributed by atoms with E-state index < -0.39 is 72.8 Å². The van der Waals surface area contributed by atoms with Crippen LogP contribution in [0.3, 0.4) is 0 Å². The van der Waals surface area contributed by atoms with Crippen LogP contribution in [-0.2, 0) is 24.0 Å². The Morgan fingerprint density at radius 1 is 0.871 bits per heavy atom. The Kier molecular flexibility index (Phi) is 12.4. The SMILES string of the molecule is CCC(C)C(N)C(=O)NC(CO)C(=O)NC(CCC(=O)O)C(=O)NC(C(=O)O)C(C)C. The number of hydrogen-bond donors (Lipinski definition) is 7. The van der Waals surface area contributed by atoms with E-state index in [2.05, 4.69) is 16.0 Å². The molecule has 3 amide bonds. The average Bonchev–Trinajstić information content (AvgIpc) is 2.70. The summed E-state index contributed by atoms with van der Waals surface area (Å²) in [7, 11) is 0. The van der Waals surface area contributed by atoms with E-state index in [-0.39, 0.29) is 12.3 Å². The zero-order chi connectivity index (χ0) is 24.3. The molecule has 0 rings (SSSR count). The first-order chi connectivity index (χ1) is 14.3. The molecule has 0 aliphatic heterocycles. The lowest BCUT2D eigenvalue weighted by molar-refractivity contribution is -0.144. The van der Waals surface area contributed by atoms with Crippen molar-refractivity contribution in [3.8, 4) is 0 Å². The van der Waals surface area contributed by atoms with Gasteiger partial charge in [0, 0.05) is 6.42 Å². The number of hydrogen-bond acceptors (Lipinski definition) is 7. The molecule has 8 N–H and O–H groups in total. The molecule has 5 unspecified atom stereocenters. The van der Waals surface area contributed by atoms with E-state index in [4.69, 9.17) is 10.8 Å². The second-order valence-electron chi connectivity index (χ2n) is 7.72. The summed E-state index contributed by atoms with van der Waals surface area (Å²) in [4.78, 5) is 59.5. The summed E-state index contributed by atoms with van der Waals surface area (Å²) < 4.78 is 0. The number of rotatable bonds is 14. The van der Waals surface area contributed by atoms with Crippen LogP contribution in [0, 0.1) is 11.8 Å². The molecule has 0 heterocycles. The molecule has 0 fully saturated rings. The number of aliphatic hydroxyl groups is 1. The van der Waals surface area contributed by atoms with E-state index in [1.54, 1.807) is 20.8 Å². The molecule has 0 aromatic carbocycles. The van der Waals surface area contributed by atoms with E-state index in [0.29, 0.717) is 6.42 Å². The van der Waals surface area contributed by atoms with Gasteiger partial charge in [-0.15, -0.1) is 0 Å². The average molecular weight is 447 g/mol. The minimum absolute atomic E-state index is 0.180. The van der Waals surface area contributed by atoms with Gasteiger partial charge >= 0.3 is 11.9 Å². The lowest BCUT2D eigenvalue weighted by atomic mass is 9.99. The van der Waals surface area contributed by atoms with Gasteiger partial charge < -0.3 is 37.0 Å². The van der Waals surface area contributed by atoms with Crippen LogP contribution in [0.4, 0.5) is 0 Å². The summed E-state index contributed by atoms with van der Waals surface area (Å²) in [6, 6.07) is -4.99. The summed E-state index contributed by atoms with van der Waals surface area (Å²) >= 11 is 0. The molecule has 0 aliphatic carbocycles. The predicted octanol–water partition coefficient (Wildman–Crippen LogP) is -1.59. The number of aliphatic hydroxyl groups excluding tert-OH is 1. The Hall–Kier alpha value is -2.73. The summed E-state index contributed by atoms with van der Waals surface area (Å²) in [6.45, 7) is 5.94. The van der Waals surface area contributed by atoms with Crippen LogP contribution in [0.5, 0.6) is 0 Å². The maximum absolute atomic E-state index is 12.5. The molecule has 178 valence electrons. The Morgan fingerprint density at radius 3 is 1.81 bits per heavy atom. The monoisotopic (exact) mass is 446 g/mol. The largest absolute Gasteiger partial charge is 0.481 e. The molecule has 31 heavy (non-hydrogen) atoms. The second kappa shape index (κ2) is 13.5. The van der Waals surface area contributed by atoms with E-state index >= 15 is 0 Å². The number of carboxylic acids is 2. The van der Waals surface area contributed by atoms with Crippen molar-refractivity contribution in [3.63, 3.8) is 0 Å². The van der Waals surface area contributed by atoms with Crippen LogP contribution >= 0.6 is 0 Å². The second-order valence-corrected chi connectivity index (χ2v) is 7.72. The molecule has 0 saturated heterocycles. The third kappa shape index (κ3) is 9.75. The topological polar surface area (TPSA) is 208 Å². The third-order valence-electron chi connectivity index (χ3n) is 4.89. The van der Waals surface area contributed by atoms with Crippen molar-refractivity contribution in [2.24, 2.45) is 17.6 Å². The smallest absolute Gasteiger partial charge is 0.326 e. The van der Waals surface area contributed by atoms with E-state index in [1.807, 2.05) is 6.92 Å². The van der Waals surface area contributed by atoms with E-state index in [1.165, 1.54) is 0 Å². The number of carboxylic acid groups (broad SMARTS) is 2. The van der Waals surface area contributed by atoms with Gasteiger partial charge in [0.25, 0.3) is 0 Å². The number of nitrogens with one attached hydrogen (secondary N) is 3. The molecule has 0 saturated carbocycles. The Labute approximate surface area is 180 Å². The van der Waals surface area contributed by atoms with Crippen LogP contribution in [-0.4, -0.2) is 75.8 Å². The predicted molar refractivity (Wildman–Crippen MR) is 110 cm³/mol. The van der Waals surface area contributed by atoms with Crippen molar-refractivity contribution >= 4 is 29.7 Å². The summed E-state index contributed by atoms with van der Waals surface area (Å²) in [6.07, 6.45) is -0.189. The molecule has 5 atom stereocenters. The zero-order valence-corrected chi connectivity index (χ0v) is 18.3. The van der Waals surface area contributed by atoms with Crippen molar-refractivity contribution in [1.82, 2.24) is 16.0 Å². The highest BCUT2D eigenvalue weighted by Crippen LogP contribution is 2.07. The third-order valence-corrected chi connectivity index (χ3v) is 4.89. The van der Waals surface area contributed by atoms with Crippen LogP contribution in [0.1, 0.15) is 47.0 Å². The fourth-order valence-electron chi connectivity index (χ4n) is 2.55. The number of nitrogens with two attached hydrogens (primary N) is 1. The molecule has 0 bridgehead atoms. The minimum atomic E-state index is -1.43.